The first kappa shape index (κ1) is 16.8. The zero-order chi connectivity index (χ0) is 14.3. The Labute approximate surface area is 122 Å². The van der Waals surface area contributed by atoms with Crippen LogP contribution in [0.15, 0.2) is 0 Å². The summed E-state index contributed by atoms with van der Waals surface area (Å²) in [5.41, 5.74) is 5.74. The summed E-state index contributed by atoms with van der Waals surface area (Å²) >= 11 is 1.99. The van der Waals surface area contributed by atoms with Gasteiger partial charge in [0.2, 0.25) is 5.91 Å². The molecule has 112 valence electrons. The topological polar surface area (TPSA) is 55.1 Å². The Morgan fingerprint density at radius 1 is 1.37 bits per heavy atom. The number of carbonyl (C=O) groups excluding carboxylic acids is 1. The van der Waals surface area contributed by atoms with E-state index >= 15 is 0 Å². The standard InChI is InChI=1S/C15H30N2OS/c1-4-19-14-10-6-9-13(14)17-15(18)11(2)7-5-8-12(3)16/h11-14H,4-10,16H2,1-3H3,(H,17,18). The molecular weight excluding hydrogens is 256 g/mol. The molecule has 0 bridgehead atoms. The van der Waals surface area contributed by atoms with Crippen molar-refractivity contribution in [3.8, 4) is 0 Å². The molecule has 1 saturated carbocycles. The minimum Gasteiger partial charge on any atom is -0.352 e. The molecule has 0 aromatic heterocycles. The summed E-state index contributed by atoms with van der Waals surface area (Å²) in [7, 11) is 0. The third-order valence-corrected chi connectivity index (χ3v) is 5.23. The van der Waals surface area contributed by atoms with Crippen LogP contribution in [-0.4, -0.2) is 29.0 Å². The van der Waals surface area contributed by atoms with Gasteiger partial charge in [0.1, 0.15) is 0 Å². The molecule has 1 fully saturated rings. The number of carbonyl (C=O) groups is 1. The number of hydrogen-bond acceptors (Lipinski definition) is 3. The predicted octanol–water partition coefficient (Wildman–Crippen LogP) is 2.93. The van der Waals surface area contributed by atoms with Crippen LogP contribution in [-0.2, 0) is 4.79 Å². The summed E-state index contributed by atoms with van der Waals surface area (Å²) in [4.78, 5) is 12.2. The maximum absolute atomic E-state index is 12.2. The van der Waals surface area contributed by atoms with Crippen molar-refractivity contribution in [3.05, 3.63) is 0 Å². The highest BCUT2D eigenvalue weighted by atomic mass is 32.2. The van der Waals surface area contributed by atoms with Gasteiger partial charge in [-0.05, 0) is 38.4 Å². The Balaban J connectivity index is 2.28. The van der Waals surface area contributed by atoms with Crippen molar-refractivity contribution in [1.82, 2.24) is 5.32 Å². The molecule has 3 N–H and O–H groups in total. The fraction of sp³-hybridized carbons (Fsp3) is 0.933. The highest BCUT2D eigenvalue weighted by Gasteiger charge is 2.29. The van der Waals surface area contributed by atoms with Crippen LogP contribution in [0.5, 0.6) is 0 Å². The second-order valence-electron chi connectivity index (χ2n) is 5.85. The first-order chi connectivity index (χ1) is 9.04. The Morgan fingerprint density at radius 3 is 2.74 bits per heavy atom. The molecular formula is C15H30N2OS. The lowest BCUT2D eigenvalue weighted by Crippen LogP contribution is -2.41. The van der Waals surface area contributed by atoms with Crippen molar-refractivity contribution in [1.29, 1.82) is 0 Å². The second kappa shape index (κ2) is 8.85. The number of nitrogens with one attached hydrogen (secondary N) is 1. The molecule has 0 aliphatic heterocycles. The highest BCUT2D eigenvalue weighted by Crippen LogP contribution is 2.30. The van der Waals surface area contributed by atoms with Crippen LogP contribution in [0.4, 0.5) is 0 Å². The second-order valence-corrected chi connectivity index (χ2v) is 7.37. The quantitative estimate of drug-likeness (QED) is 0.721. The molecule has 1 amide bonds. The Morgan fingerprint density at radius 2 is 2.11 bits per heavy atom. The van der Waals surface area contributed by atoms with Crippen LogP contribution in [0, 0.1) is 5.92 Å². The Bertz CT molecular complexity index is 271. The van der Waals surface area contributed by atoms with Crippen LogP contribution in [0.1, 0.15) is 59.3 Å². The molecule has 1 aliphatic rings. The summed E-state index contributed by atoms with van der Waals surface area (Å²) in [6.45, 7) is 6.25. The average Bonchev–Trinajstić information content (AvgIpc) is 2.76. The van der Waals surface area contributed by atoms with Crippen molar-refractivity contribution in [2.45, 2.75) is 76.6 Å². The summed E-state index contributed by atoms with van der Waals surface area (Å²) in [5, 5.41) is 3.89. The third kappa shape index (κ3) is 6.17. The molecule has 0 heterocycles. The van der Waals surface area contributed by atoms with Gasteiger partial charge in [-0.3, -0.25) is 4.79 Å². The van der Waals surface area contributed by atoms with Crippen LogP contribution >= 0.6 is 11.8 Å². The van der Waals surface area contributed by atoms with Crippen LogP contribution < -0.4 is 11.1 Å². The van der Waals surface area contributed by atoms with Gasteiger partial charge in [0.15, 0.2) is 0 Å². The molecule has 4 atom stereocenters. The predicted molar refractivity (Wildman–Crippen MR) is 84.4 cm³/mol. The van der Waals surface area contributed by atoms with E-state index in [1.54, 1.807) is 0 Å². The summed E-state index contributed by atoms with van der Waals surface area (Å²) < 4.78 is 0. The van der Waals surface area contributed by atoms with Crippen molar-refractivity contribution in [2.75, 3.05) is 5.75 Å². The summed E-state index contributed by atoms with van der Waals surface area (Å²) in [5.74, 6) is 1.49. The highest BCUT2D eigenvalue weighted by molar-refractivity contribution is 7.99. The van der Waals surface area contributed by atoms with Gasteiger partial charge in [-0.25, -0.2) is 0 Å². The zero-order valence-corrected chi connectivity index (χ0v) is 13.5. The van der Waals surface area contributed by atoms with Gasteiger partial charge in [0.05, 0.1) is 0 Å². The van der Waals surface area contributed by atoms with E-state index in [2.05, 4.69) is 12.2 Å². The third-order valence-electron chi connectivity index (χ3n) is 3.91. The lowest BCUT2D eigenvalue weighted by atomic mass is 10.0. The molecule has 0 aromatic carbocycles. The van der Waals surface area contributed by atoms with Gasteiger partial charge in [-0.15, -0.1) is 0 Å². The van der Waals surface area contributed by atoms with E-state index in [1.807, 2.05) is 25.6 Å². The molecule has 0 radical (unpaired) electrons. The lowest BCUT2D eigenvalue weighted by Gasteiger charge is -2.22. The van der Waals surface area contributed by atoms with E-state index in [-0.39, 0.29) is 17.9 Å². The van der Waals surface area contributed by atoms with E-state index in [9.17, 15) is 4.79 Å². The molecule has 4 unspecified atom stereocenters. The average molecular weight is 286 g/mol. The molecule has 0 saturated heterocycles. The van der Waals surface area contributed by atoms with Gasteiger partial charge >= 0.3 is 0 Å². The van der Waals surface area contributed by atoms with Crippen molar-refractivity contribution in [2.24, 2.45) is 11.7 Å². The van der Waals surface area contributed by atoms with Gasteiger partial charge < -0.3 is 11.1 Å². The van der Waals surface area contributed by atoms with Crippen molar-refractivity contribution in [3.63, 3.8) is 0 Å². The van der Waals surface area contributed by atoms with E-state index < -0.39 is 0 Å². The van der Waals surface area contributed by atoms with Crippen LogP contribution in [0.2, 0.25) is 0 Å². The van der Waals surface area contributed by atoms with Crippen LogP contribution in [0.25, 0.3) is 0 Å². The molecule has 4 heteroatoms. The van der Waals surface area contributed by atoms with E-state index in [0.717, 1.165) is 31.4 Å². The maximum atomic E-state index is 12.2. The van der Waals surface area contributed by atoms with Gasteiger partial charge in [-0.1, -0.05) is 26.7 Å². The molecule has 0 aromatic rings. The minimum absolute atomic E-state index is 0.117. The monoisotopic (exact) mass is 286 g/mol. The van der Waals surface area contributed by atoms with Gasteiger partial charge in [0, 0.05) is 23.3 Å². The molecule has 1 rings (SSSR count). The lowest BCUT2D eigenvalue weighted by molar-refractivity contribution is -0.125. The molecule has 19 heavy (non-hydrogen) atoms. The fourth-order valence-corrected chi connectivity index (χ4v) is 3.90. The number of amides is 1. The van der Waals surface area contributed by atoms with E-state index in [1.165, 1.54) is 12.8 Å². The van der Waals surface area contributed by atoms with Gasteiger partial charge in [0.25, 0.3) is 0 Å². The van der Waals surface area contributed by atoms with Crippen molar-refractivity contribution >= 4 is 17.7 Å². The number of thioether (sulfide) groups is 1. The SMILES string of the molecule is CCSC1CCCC1NC(=O)C(C)CCCC(C)N. The zero-order valence-electron chi connectivity index (χ0n) is 12.7. The largest absolute Gasteiger partial charge is 0.352 e. The molecule has 3 nitrogen and oxygen atoms in total. The van der Waals surface area contributed by atoms with Crippen molar-refractivity contribution < 1.29 is 4.79 Å². The Hall–Kier alpha value is -0.220. The van der Waals surface area contributed by atoms with Crippen LogP contribution in [0.3, 0.4) is 0 Å². The van der Waals surface area contributed by atoms with Gasteiger partial charge in [-0.2, -0.15) is 11.8 Å². The fourth-order valence-electron chi connectivity index (χ4n) is 2.71. The maximum Gasteiger partial charge on any atom is 0.223 e. The minimum atomic E-state index is 0.117. The first-order valence-corrected chi connectivity index (χ1v) is 8.77. The van der Waals surface area contributed by atoms with E-state index in [0.29, 0.717) is 11.3 Å². The molecule has 0 spiro atoms. The Kier molecular flexibility index (Phi) is 7.84. The summed E-state index contributed by atoms with van der Waals surface area (Å²) in [6, 6.07) is 0.642. The first-order valence-electron chi connectivity index (χ1n) is 7.72. The van der Waals surface area contributed by atoms with E-state index in [4.69, 9.17) is 5.73 Å². The number of hydrogen-bond donors (Lipinski definition) is 2. The number of nitrogens with two attached hydrogens (primary N) is 1. The normalized spacial score (nSPS) is 26.1. The summed E-state index contributed by atoms with van der Waals surface area (Å²) in [6.07, 6.45) is 6.66. The smallest absolute Gasteiger partial charge is 0.223 e. The molecule has 1 aliphatic carbocycles. The number of rotatable bonds is 8.